The van der Waals surface area contributed by atoms with Crippen molar-refractivity contribution in [2.24, 2.45) is 0 Å². The average molecular weight is 473 g/mol. The van der Waals surface area contributed by atoms with Crippen LogP contribution in [0, 0.1) is 0 Å². The van der Waals surface area contributed by atoms with Gasteiger partial charge in [-0.05, 0) is 65.8 Å². The molecule has 2 fully saturated rings. The highest BCUT2D eigenvalue weighted by Gasteiger charge is 2.44. The molecule has 0 aliphatic carbocycles. The standard InChI is InChI=1S/C26H32O6S/c1-33-26-24(29)22(27)23(28)25(32-26)17-6-7-20(19-13-30-14-19)18(12-17)11-15-5-8-21-16(10-15)4-2-3-9-31-21/h5-8,10,12,19,22-29H,2-4,9,11,13-14H2,1H3/t22-,23-,24+,25+,26-/m1/s1. The minimum Gasteiger partial charge on any atom is -0.493 e. The lowest BCUT2D eigenvalue weighted by Crippen LogP contribution is -2.52. The second-order valence-corrected chi connectivity index (χ2v) is 10.2. The molecule has 33 heavy (non-hydrogen) atoms. The lowest BCUT2D eigenvalue weighted by atomic mass is 9.86. The van der Waals surface area contributed by atoms with Crippen LogP contribution < -0.4 is 4.74 Å². The van der Waals surface area contributed by atoms with Gasteiger partial charge in [-0.3, -0.25) is 0 Å². The summed E-state index contributed by atoms with van der Waals surface area (Å²) in [5, 5.41) is 31.3. The molecule has 2 aromatic rings. The van der Waals surface area contributed by atoms with Crippen molar-refractivity contribution >= 4 is 11.8 Å². The van der Waals surface area contributed by atoms with Crippen LogP contribution in [0.2, 0.25) is 0 Å². The highest BCUT2D eigenvalue weighted by molar-refractivity contribution is 7.99. The Kier molecular flexibility index (Phi) is 6.97. The number of aliphatic hydroxyl groups is 3. The summed E-state index contributed by atoms with van der Waals surface area (Å²) in [6.07, 6.45) is 1.55. The highest BCUT2D eigenvalue weighted by Crippen LogP contribution is 2.38. The summed E-state index contributed by atoms with van der Waals surface area (Å²) in [6.45, 7) is 2.21. The zero-order valence-electron chi connectivity index (χ0n) is 18.9. The lowest BCUT2D eigenvalue weighted by molar-refractivity contribution is -0.200. The van der Waals surface area contributed by atoms with E-state index in [2.05, 4.69) is 30.3 Å². The van der Waals surface area contributed by atoms with E-state index in [9.17, 15) is 15.3 Å². The second kappa shape index (κ2) is 9.94. The third-order valence-electron chi connectivity index (χ3n) is 6.99. The number of fused-ring (bicyclic) bond motifs is 1. The van der Waals surface area contributed by atoms with Crippen LogP contribution in [0.3, 0.4) is 0 Å². The number of aliphatic hydroxyl groups excluding tert-OH is 3. The molecule has 0 spiro atoms. The Morgan fingerprint density at radius 1 is 0.970 bits per heavy atom. The summed E-state index contributed by atoms with van der Waals surface area (Å²) in [6, 6.07) is 12.6. The maximum Gasteiger partial charge on any atom is 0.132 e. The maximum absolute atomic E-state index is 10.7. The van der Waals surface area contributed by atoms with E-state index in [1.54, 1.807) is 0 Å². The molecule has 3 N–H and O–H groups in total. The molecule has 0 saturated carbocycles. The van der Waals surface area contributed by atoms with Gasteiger partial charge in [-0.1, -0.05) is 30.3 Å². The topological polar surface area (TPSA) is 88.4 Å². The summed E-state index contributed by atoms with van der Waals surface area (Å²) < 4.78 is 17.4. The maximum atomic E-state index is 10.7. The number of hydrogen-bond donors (Lipinski definition) is 3. The van der Waals surface area contributed by atoms with E-state index in [0.717, 1.165) is 43.6 Å². The van der Waals surface area contributed by atoms with Crippen LogP contribution in [0.15, 0.2) is 36.4 Å². The quantitative estimate of drug-likeness (QED) is 0.617. The monoisotopic (exact) mass is 472 g/mol. The number of hydrogen-bond acceptors (Lipinski definition) is 7. The third kappa shape index (κ3) is 4.67. The summed E-state index contributed by atoms with van der Waals surface area (Å²) in [5.41, 5.74) is 5.13. The smallest absolute Gasteiger partial charge is 0.132 e. The Balaban J connectivity index is 1.46. The Morgan fingerprint density at radius 2 is 1.82 bits per heavy atom. The predicted octanol–water partition coefficient (Wildman–Crippen LogP) is 2.95. The van der Waals surface area contributed by atoms with Gasteiger partial charge < -0.3 is 29.5 Å². The van der Waals surface area contributed by atoms with Crippen LogP contribution >= 0.6 is 11.8 Å². The van der Waals surface area contributed by atoms with E-state index < -0.39 is 29.9 Å². The summed E-state index contributed by atoms with van der Waals surface area (Å²) in [4.78, 5) is 0. The molecular formula is C26H32O6S. The van der Waals surface area contributed by atoms with Crippen molar-refractivity contribution in [3.8, 4) is 5.75 Å². The van der Waals surface area contributed by atoms with Crippen LogP contribution in [0.5, 0.6) is 5.75 Å². The average Bonchev–Trinajstić information content (AvgIpc) is 3.03. The molecule has 3 aliphatic heterocycles. The van der Waals surface area contributed by atoms with E-state index in [0.29, 0.717) is 19.1 Å². The molecule has 178 valence electrons. The minimum atomic E-state index is -1.26. The Labute approximate surface area is 198 Å². The van der Waals surface area contributed by atoms with Gasteiger partial charge in [0.15, 0.2) is 0 Å². The molecule has 6 nitrogen and oxygen atoms in total. The number of aryl methyl sites for hydroxylation is 1. The molecule has 3 heterocycles. The van der Waals surface area contributed by atoms with Gasteiger partial charge in [-0.25, -0.2) is 0 Å². The molecular weight excluding hydrogens is 440 g/mol. The van der Waals surface area contributed by atoms with Gasteiger partial charge in [-0.2, -0.15) is 0 Å². The molecule has 7 heteroatoms. The fourth-order valence-corrected chi connectivity index (χ4v) is 5.66. The SMILES string of the molecule is CS[C@H]1O[C@@H](c2ccc(C3COC3)c(Cc3ccc4c(c3)CCCCO4)c2)[C@H](O)[C@@H](O)[C@@H]1O. The van der Waals surface area contributed by atoms with Crippen molar-refractivity contribution in [2.75, 3.05) is 26.1 Å². The number of benzene rings is 2. The van der Waals surface area contributed by atoms with E-state index in [4.69, 9.17) is 14.2 Å². The first-order valence-corrected chi connectivity index (χ1v) is 13.0. The van der Waals surface area contributed by atoms with Gasteiger partial charge in [0.25, 0.3) is 0 Å². The zero-order valence-corrected chi connectivity index (χ0v) is 19.7. The van der Waals surface area contributed by atoms with Crippen LogP contribution in [-0.2, 0) is 22.3 Å². The van der Waals surface area contributed by atoms with Crippen molar-refractivity contribution in [2.45, 2.75) is 61.5 Å². The van der Waals surface area contributed by atoms with Crippen LogP contribution in [-0.4, -0.2) is 65.1 Å². The van der Waals surface area contributed by atoms with Crippen LogP contribution in [0.1, 0.15) is 52.7 Å². The fourth-order valence-electron chi connectivity index (χ4n) is 4.99. The molecule has 0 amide bonds. The largest absolute Gasteiger partial charge is 0.493 e. The fraction of sp³-hybridized carbons (Fsp3) is 0.538. The lowest BCUT2D eigenvalue weighted by Gasteiger charge is -2.40. The van der Waals surface area contributed by atoms with Gasteiger partial charge in [0.05, 0.1) is 19.8 Å². The zero-order chi connectivity index (χ0) is 22.9. The van der Waals surface area contributed by atoms with Gasteiger partial charge in [-0.15, -0.1) is 11.8 Å². The summed E-state index contributed by atoms with van der Waals surface area (Å²) in [7, 11) is 0. The van der Waals surface area contributed by atoms with Crippen molar-refractivity contribution in [1.29, 1.82) is 0 Å². The molecule has 0 aromatic heterocycles. The van der Waals surface area contributed by atoms with Crippen molar-refractivity contribution in [3.63, 3.8) is 0 Å². The minimum absolute atomic E-state index is 0.363. The van der Waals surface area contributed by atoms with E-state index in [1.165, 1.54) is 34.0 Å². The molecule has 0 radical (unpaired) electrons. The van der Waals surface area contributed by atoms with Crippen LogP contribution in [0.25, 0.3) is 0 Å². The van der Waals surface area contributed by atoms with Crippen molar-refractivity contribution in [3.05, 3.63) is 64.2 Å². The molecule has 0 unspecified atom stereocenters. The summed E-state index contributed by atoms with van der Waals surface area (Å²) >= 11 is 1.33. The Hall–Kier alpha value is -1.61. The van der Waals surface area contributed by atoms with Gasteiger partial charge in [0.1, 0.15) is 35.6 Å². The third-order valence-corrected chi connectivity index (χ3v) is 7.85. The first-order chi connectivity index (χ1) is 16.0. The molecule has 5 atom stereocenters. The van der Waals surface area contributed by atoms with E-state index in [1.807, 2.05) is 12.3 Å². The molecule has 0 bridgehead atoms. The number of ether oxygens (including phenoxy) is 3. The summed E-state index contributed by atoms with van der Waals surface area (Å²) in [5.74, 6) is 1.36. The van der Waals surface area contributed by atoms with Crippen LogP contribution in [0.4, 0.5) is 0 Å². The Bertz CT molecular complexity index is 975. The normalized spacial score (nSPS) is 30.1. The van der Waals surface area contributed by atoms with Gasteiger partial charge in [0.2, 0.25) is 0 Å². The predicted molar refractivity (Wildman–Crippen MR) is 127 cm³/mol. The molecule has 3 aliphatic rings. The molecule has 5 rings (SSSR count). The molecule has 2 aromatic carbocycles. The highest BCUT2D eigenvalue weighted by atomic mass is 32.2. The van der Waals surface area contributed by atoms with Crippen molar-refractivity contribution in [1.82, 2.24) is 0 Å². The first-order valence-electron chi connectivity index (χ1n) is 11.7. The second-order valence-electron chi connectivity index (χ2n) is 9.25. The number of thioether (sulfide) groups is 1. The van der Waals surface area contributed by atoms with E-state index in [-0.39, 0.29) is 0 Å². The van der Waals surface area contributed by atoms with Gasteiger partial charge in [0, 0.05) is 5.92 Å². The van der Waals surface area contributed by atoms with E-state index >= 15 is 0 Å². The molecule has 2 saturated heterocycles. The van der Waals surface area contributed by atoms with Crippen molar-refractivity contribution < 1.29 is 29.5 Å². The first kappa shape index (κ1) is 23.1. The van der Waals surface area contributed by atoms with Gasteiger partial charge >= 0.3 is 0 Å². The number of rotatable bonds is 5. The Morgan fingerprint density at radius 3 is 2.58 bits per heavy atom.